The largest absolute Gasteiger partial charge is 0.374 e. The number of unbranched alkanes of at least 4 members (excludes halogenated alkanes) is 8. The molecule has 3 nitrogen and oxygen atoms in total. The van der Waals surface area contributed by atoms with Crippen molar-refractivity contribution in [1.29, 1.82) is 0 Å². The third-order valence-corrected chi connectivity index (χ3v) is 4.32. The monoisotopic (exact) mass is 308 g/mol. The number of aliphatic hydroxyl groups excluding tert-OH is 1. The van der Waals surface area contributed by atoms with Gasteiger partial charge in [0.1, 0.15) is 12.4 Å². The van der Waals surface area contributed by atoms with Crippen LogP contribution in [0.5, 0.6) is 0 Å². The lowest BCUT2D eigenvalue weighted by atomic mass is 10.1. The van der Waals surface area contributed by atoms with Crippen molar-refractivity contribution in [3.8, 4) is 0 Å². The maximum Gasteiger partial charge on any atom is 0.125 e. The number of hydrogen-bond donors (Lipinski definition) is 2. The van der Waals surface area contributed by atoms with Gasteiger partial charge in [-0.05, 0) is 45.4 Å². The second kappa shape index (κ2) is 12.6. The van der Waals surface area contributed by atoms with E-state index in [4.69, 9.17) is 0 Å². The third kappa shape index (κ3) is 8.47. The highest BCUT2D eigenvalue weighted by molar-refractivity contribution is 4.94. The molecule has 1 rings (SSSR count). The molecule has 0 bridgehead atoms. The SMILES string of the molecule is CCCCCC/C=C/CCCCCCC1NC=CN1C(C)O. The van der Waals surface area contributed by atoms with Crippen LogP contribution in [0.15, 0.2) is 24.6 Å². The minimum atomic E-state index is -0.404. The van der Waals surface area contributed by atoms with Gasteiger partial charge in [0.25, 0.3) is 0 Å². The van der Waals surface area contributed by atoms with Crippen LogP contribution in [0.3, 0.4) is 0 Å². The molecule has 0 aromatic carbocycles. The van der Waals surface area contributed by atoms with E-state index in [1.165, 1.54) is 64.2 Å². The minimum Gasteiger partial charge on any atom is -0.374 e. The lowest BCUT2D eigenvalue weighted by Crippen LogP contribution is -2.40. The summed E-state index contributed by atoms with van der Waals surface area (Å²) in [7, 11) is 0. The van der Waals surface area contributed by atoms with E-state index in [2.05, 4.69) is 24.4 Å². The van der Waals surface area contributed by atoms with Crippen LogP contribution in [0.1, 0.15) is 84.5 Å². The van der Waals surface area contributed by atoms with E-state index >= 15 is 0 Å². The second-order valence-corrected chi connectivity index (χ2v) is 6.39. The van der Waals surface area contributed by atoms with Crippen molar-refractivity contribution in [2.75, 3.05) is 0 Å². The molecule has 2 atom stereocenters. The van der Waals surface area contributed by atoms with Gasteiger partial charge in [-0.15, -0.1) is 0 Å². The van der Waals surface area contributed by atoms with E-state index in [-0.39, 0.29) is 6.17 Å². The Morgan fingerprint density at radius 1 is 1.05 bits per heavy atom. The van der Waals surface area contributed by atoms with E-state index in [1.54, 1.807) is 0 Å². The Balaban J connectivity index is 1.88. The van der Waals surface area contributed by atoms with Crippen molar-refractivity contribution in [3.05, 3.63) is 24.6 Å². The normalized spacial score (nSPS) is 19.0. The quantitative estimate of drug-likeness (QED) is 0.375. The summed E-state index contributed by atoms with van der Waals surface area (Å²) >= 11 is 0. The molecule has 1 heterocycles. The first kappa shape index (κ1) is 19.1. The summed E-state index contributed by atoms with van der Waals surface area (Å²) in [6.07, 6.45) is 22.7. The van der Waals surface area contributed by atoms with Gasteiger partial charge < -0.3 is 15.3 Å². The summed E-state index contributed by atoms with van der Waals surface area (Å²) in [5.41, 5.74) is 0. The fraction of sp³-hybridized carbons (Fsp3) is 0.789. The summed E-state index contributed by atoms with van der Waals surface area (Å²) in [5.74, 6) is 0. The molecular weight excluding hydrogens is 272 g/mol. The standard InChI is InChI=1S/C19H36N2O/c1-3-4-5-6-7-8-9-10-11-12-13-14-15-19-20-16-17-21(19)18(2)22/h8-9,16-20,22H,3-7,10-15H2,1-2H3/b9-8+. The van der Waals surface area contributed by atoms with Gasteiger partial charge >= 0.3 is 0 Å². The van der Waals surface area contributed by atoms with Gasteiger partial charge in [-0.25, -0.2) is 0 Å². The van der Waals surface area contributed by atoms with E-state index in [9.17, 15) is 5.11 Å². The fourth-order valence-electron chi connectivity index (χ4n) is 2.93. The highest BCUT2D eigenvalue weighted by Gasteiger charge is 2.20. The molecule has 0 fully saturated rings. The molecule has 1 aliphatic rings. The minimum absolute atomic E-state index is 0.281. The van der Waals surface area contributed by atoms with Crippen molar-refractivity contribution in [3.63, 3.8) is 0 Å². The summed E-state index contributed by atoms with van der Waals surface area (Å²) < 4.78 is 0. The zero-order chi connectivity index (χ0) is 16.0. The Bertz CT molecular complexity index is 313. The fourth-order valence-corrected chi connectivity index (χ4v) is 2.93. The lowest BCUT2D eigenvalue weighted by molar-refractivity contribution is 0.0254. The van der Waals surface area contributed by atoms with Gasteiger partial charge in [-0.3, -0.25) is 0 Å². The summed E-state index contributed by atoms with van der Waals surface area (Å²) in [6, 6.07) is 0. The topological polar surface area (TPSA) is 35.5 Å². The van der Waals surface area contributed by atoms with Gasteiger partial charge in [-0.2, -0.15) is 0 Å². The number of hydrogen-bond acceptors (Lipinski definition) is 3. The van der Waals surface area contributed by atoms with Gasteiger partial charge in [0, 0.05) is 12.4 Å². The molecule has 0 aliphatic carbocycles. The van der Waals surface area contributed by atoms with E-state index < -0.39 is 6.23 Å². The predicted molar refractivity (Wildman–Crippen MR) is 95.2 cm³/mol. The van der Waals surface area contributed by atoms with Crippen LogP contribution in [0.4, 0.5) is 0 Å². The predicted octanol–water partition coefficient (Wildman–Crippen LogP) is 4.89. The molecule has 0 amide bonds. The van der Waals surface area contributed by atoms with Crippen molar-refractivity contribution in [1.82, 2.24) is 10.2 Å². The van der Waals surface area contributed by atoms with Crippen LogP contribution < -0.4 is 5.32 Å². The van der Waals surface area contributed by atoms with Crippen LogP contribution in [0.2, 0.25) is 0 Å². The van der Waals surface area contributed by atoms with Crippen LogP contribution in [-0.4, -0.2) is 22.4 Å². The molecule has 2 unspecified atom stereocenters. The number of nitrogens with zero attached hydrogens (tertiary/aromatic N) is 1. The number of allylic oxidation sites excluding steroid dienone is 2. The number of nitrogens with one attached hydrogen (secondary N) is 1. The van der Waals surface area contributed by atoms with Crippen molar-refractivity contribution in [2.45, 2.75) is 96.9 Å². The highest BCUT2D eigenvalue weighted by atomic mass is 16.3. The van der Waals surface area contributed by atoms with Crippen molar-refractivity contribution < 1.29 is 5.11 Å². The van der Waals surface area contributed by atoms with Gasteiger partial charge in [0.2, 0.25) is 0 Å². The van der Waals surface area contributed by atoms with Gasteiger partial charge in [0.05, 0.1) is 0 Å². The number of rotatable bonds is 13. The molecule has 0 aromatic rings. The molecule has 128 valence electrons. The van der Waals surface area contributed by atoms with Crippen LogP contribution in [0, 0.1) is 0 Å². The van der Waals surface area contributed by atoms with E-state index in [0.29, 0.717) is 0 Å². The Morgan fingerprint density at radius 2 is 1.68 bits per heavy atom. The van der Waals surface area contributed by atoms with E-state index in [1.807, 2.05) is 24.2 Å². The van der Waals surface area contributed by atoms with Gasteiger partial charge in [0.15, 0.2) is 0 Å². The first-order valence-corrected chi connectivity index (χ1v) is 9.29. The molecule has 0 radical (unpaired) electrons. The molecule has 3 heteroatoms. The first-order chi connectivity index (χ1) is 10.8. The first-order valence-electron chi connectivity index (χ1n) is 9.29. The number of aliphatic hydroxyl groups is 1. The summed E-state index contributed by atoms with van der Waals surface area (Å²) in [5, 5.41) is 12.9. The van der Waals surface area contributed by atoms with Crippen molar-refractivity contribution >= 4 is 0 Å². The van der Waals surface area contributed by atoms with Crippen LogP contribution in [0.25, 0.3) is 0 Å². The average molecular weight is 309 g/mol. The molecule has 0 aromatic heterocycles. The van der Waals surface area contributed by atoms with E-state index in [0.717, 1.165) is 6.42 Å². The Hall–Kier alpha value is -0.960. The average Bonchev–Trinajstić information content (AvgIpc) is 2.97. The van der Waals surface area contributed by atoms with Crippen molar-refractivity contribution in [2.24, 2.45) is 0 Å². The highest BCUT2D eigenvalue weighted by Crippen LogP contribution is 2.15. The molecule has 0 saturated carbocycles. The molecule has 22 heavy (non-hydrogen) atoms. The molecule has 2 N–H and O–H groups in total. The molecule has 1 aliphatic heterocycles. The van der Waals surface area contributed by atoms with Crippen LogP contribution >= 0.6 is 0 Å². The Morgan fingerprint density at radius 3 is 2.32 bits per heavy atom. The Kier molecular flexibility index (Phi) is 10.9. The van der Waals surface area contributed by atoms with Crippen LogP contribution in [-0.2, 0) is 0 Å². The summed E-state index contributed by atoms with van der Waals surface area (Å²) in [4.78, 5) is 1.99. The zero-order valence-electron chi connectivity index (χ0n) is 14.6. The lowest BCUT2D eigenvalue weighted by Gasteiger charge is -2.28. The maximum absolute atomic E-state index is 9.64. The molecule has 0 saturated heterocycles. The second-order valence-electron chi connectivity index (χ2n) is 6.39. The maximum atomic E-state index is 9.64. The Labute approximate surface area is 137 Å². The smallest absolute Gasteiger partial charge is 0.125 e. The molecular formula is C19H36N2O. The summed E-state index contributed by atoms with van der Waals surface area (Å²) in [6.45, 7) is 4.08. The molecule has 0 spiro atoms. The zero-order valence-corrected chi connectivity index (χ0v) is 14.6. The van der Waals surface area contributed by atoms with Gasteiger partial charge in [-0.1, -0.05) is 51.2 Å². The third-order valence-electron chi connectivity index (χ3n) is 4.32.